The fraction of sp³-hybridized carbons (Fsp3) is 0.240. The lowest BCUT2D eigenvalue weighted by Crippen LogP contribution is -2.42. The van der Waals surface area contributed by atoms with E-state index in [9.17, 15) is 27.9 Å². The van der Waals surface area contributed by atoms with Gasteiger partial charge in [0.2, 0.25) is 0 Å². The number of carbonyl (C=O) groups is 2. The van der Waals surface area contributed by atoms with Gasteiger partial charge < -0.3 is 21.1 Å². The number of halogens is 3. The molecule has 1 amide bonds. The third-order valence-electron chi connectivity index (χ3n) is 5.52. The summed E-state index contributed by atoms with van der Waals surface area (Å²) >= 11 is 0. The first-order chi connectivity index (χ1) is 16.4. The van der Waals surface area contributed by atoms with E-state index in [1.54, 1.807) is 13.8 Å². The minimum absolute atomic E-state index is 0.0401. The van der Waals surface area contributed by atoms with E-state index in [4.69, 9.17) is 11.0 Å². The van der Waals surface area contributed by atoms with E-state index >= 15 is 0 Å². The molecule has 1 heterocycles. The number of nitriles is 1. The molecule has 0 saturated heterocycles. The zero-order chi connectivity index (χ0) is 26.1. The largest absolute Gasteiger partial charge is 0.478 e. The second-order valence-corrected chi connectivity index (χ2v) is 8.28. The molecular formula is C25H23F3N4O3. The molecule has 0 spiro atoms. The Morgan fingerprint density at radius 3 is 2.29 bits per heavy atom. The number of carboxylic acid groups (broad SMARTS) is 1. The number of amides is 1. The molecule has 182 valence electrons. The summed E-state index contributed by atoms with van der Waals surface area (Å²) in [6, 6.07) is 11.9. The summed E-state index contributed by atoms with van der Waals surface area (Å²) in [5, 5.41) is 22.0. The van der Waals surface area contributed by atoms with Crippen LogP contribution in [0, 0.1) is 11.3 Å². The number of hydrogen-bond donors (Lipinski definition) is 3. The predicted molar refractivity (Wildman–Crippen MR) is 123 cm³/mol. The molecular weight excluding hydrogens is 461 g/mol. The van der Waals surface area contributed by atoms with Gasteiger partial charge >= 0.3 is 12.1 Å². The Morgan fingerprint density at radius 2 is 1.77 bits per heavy atom. The Labute approximate surface area is 200 Å². The van der Waals surface area contributed by atoms with E-state index in [1.807, 2.05) is 6.07 Å². The van der Waals surface area contributed by atoms with Crippen molar-refractivity contribution < 1.29 is 27.9 Å². The molecule has 0 saturated carbocycles. The summed E-state index contributed by atoms with van der Waals surface area (Å²) in [5.41, 5.74) is 5.86. The number of alkyl halides is 3. The second kappa shape index (κ2) is 9.54. The molecule has 0 aromatic heterocycles. The molecule has 1 aliphatic rings. The first kappa shape index (κ1) is 25.4. The third kappa shape index (κ3) is 4.99. The highest BCUT2D eigenvalue weighted by molar-refractivity contribution is 6.03. The van der Waals surface area contributed by atoms with Crippen molar-refractivity contribution in [3.63, 3.8) is 0 Å². The lowest BCUT2D eigenvalue weighted by molar-refractivity contribution is -0.137. The number of anilines is 1. The van der Waals surface area contributed by atoms with Crippen molar-refractivity contribution in [2.24, 2.45) is 5.73 Å². The Kier molecular flexibility index (Phi) is 6.91. The normalized spacial score (nSPS) is 16.4. The Bertz CT molecular complexity index is 1270. The first-order valence-electron chi connectivity index (χ1n) is 10.6. The van der Waals surface area contributed by atoms with Gasteiger partial charge in [0.25, 0.3) is 5.91 Å². The fourth-order valence-corrected chi connectivity index (χ4v) is 4.03. The van der Waals surface area contributed by atoms with E-state index in [1.165, 1.54) is 43.3 Å². The Morgan fingerprint density at radius 1 is 1.14 bits per heavy atom. The van der Waals surface area contributed by atoms with Crippen molar-refractivity contribution >= 4 is 17.6 Å². The number of nitrogens with zero attached hydrogens (tertiary/aromatic N) is 2. The van der Waals surface area contributed by atoms with Gasteiger partial charge in [0.15, 0.2) is 0 Å². The van der Waals surface area contributed by atoms with Crippen molar-refractivity contribution in [3.05, 3.63) is 87.9 Å². The van der Waals surface area contributed by atoms with Gasteiger partial charge in [-0.15, -0.1) is 0 Å². The van der Waals surface area contributed by atoms with Crippen molar-refractivity contribution in [2.75, 3.05) is 4.90 Å². The highest BCUT2D eigenvalue weighted by Crippen LogP contribution is 2.43. The van der Waals surface area contributed by atoms with Gasteiger partial charge in [0.1, 0.15) is 5.82 Å². The smallest absolute Gasteiger partial charge is 0.416 e. The summed E-state index contributed by atoms with van der Waals surface area (Å²) in [7, 11) is 0. The maximum atomic E-state index is 13.4. The molecule has 0 fully saturated rings. The van der Waals surface area contributed by atoms with Crippen LogP contribution in [0.3, 0.4) is 0 Å². The minimum Gasteiger partial charge on any atom is -0.478 e. The number of hydrogen-bond acceptors (Lipinski definition) is 5. The number of benzene rings is 2. The molecule has 0 radical (unpaired) electrons. The van der Waals surface area contributed by atoms with Crippen LogP contribution in [0.1, 0.15) is 43.4 Å². The monoisotopic (exact) mass is 484 g/mol. The number of nitrogens with two attached hydrogens (primary N) is 1. The van der Waals surface area contributed by atoms with Crippen LogP contribution in [0.4, 0.5) is 18.9 Å². The van der Waals surface area contributed by atoms with Crippen LogP contribution in [0.15, 0.2) is 71.2 Å². The van der Waals surface area contributed by atoms with Crippen LogP contribution in [-0.2, 0) is 15.8 Å². The van der Waals surface area contributed by atoms with E-state index < -0.39 is 29.5 Å². The van der Waals surface area contributed by atoms with Gasteiger partial charge in [-0.25, -0.2) is 4.79 Å². The number of nitrogens with one attached hydrogen (secondary N) is 1. The lowest BCUT2D eigenvalue weighted by atomic mass is 9.80. The van der Waals surface area contributed by atoms with E-state index in [0.717, 1.165) is 17.0 Å². The van der Waals surface area contributed by atoms with Crippen molar-refractivity contribution in [3.8, 4) is 6.07 Å². The average Bonchev–Trinajstić information content (AvgIpc) is 2.77. The van der Waals surface area contributed by atoms with Gasteiger partial charge in [0.05, 0.1) is 34.3 Å². The molecule has 3 rings (SSSR count). The van der Waals surface area contributed by atoms with Crippen LogP contribution in [0.2, 0.25) is 0 Å². The van der Waals surface area contributed by atoms with Gasteiger partial charge in [-0.3, -0.25) is 4.79 Å². The maximum Gasteiger partial charge on any atom is 0.416 e. The number of rotatable bonds is 5. The Hall–Kier alpha value is -4.26. The van der Waals surface area contributed by atoms with E-state index in [-0.39, 0.29) is 34.4 Å². The molecule has 7 nitrogen and oxygen atoms in total. The van der Waals surface area contributed by atoms with Gasteiger partial charge in [-0.2, -0.15) is 18.4 Å². The lowest BCUT2D eigenvalue weighted by Gasteiger charge is -2.37. The van der Waals surface area contributed by atoms with Crippen LogP contribution in [0.5, 0.6) is 0 Å². The Balaban J connectivity index is 2.32. The van der Waals surface area contributed by atoms with Crippen LogP contribution < -0.4 is 16.0 Å². The molecule has 1 unspecified atom stereocenters. The number of aliphatic carboxylic acids is 1. The van der Waals surface area contributed by atoms with Crippen molar-refractivity contribution in [2.45, 2.75) is 38.9 Å². The molecule has 1 aliphatic heterocycles. The standard InChI is InChI=1S/C25H23F3N4O3/c1-13(2)31-23(33)21-20(16-9-7-15(12-29)8-10-16)19(24(34)35)14(3)32(22(21)30)18-6-4-5-17(11-18)25(26,27)28/h4-11,13,20H,30H2,1-3H3,(H,31,33)(H,34,35). The van der Waals surface area contributed by atoms with Crippen LogP contribution >= 0.6 is 0 Å². The summed E-state index contributed by atoms with van der Waals surface area (Å²) in [5.74, 6) is -3.34. The molecule has 2 aromatic rings. The number of allylic oxidation sites excluding steroid dienone is 1. The van der Waals surface area contributed by atoms with Crippen LogP contribution in [0.25, 0.3) is 0 Å². The molecule has 0 aliphatic carbocycles. The summed E-state index contributed by atoms with van der Waals surface area (Å²) in [6.07, 6.45) is -4.64. The molecule has 2 aromatic carbocycles. The topological polar surface area (TPSA) is 119 Å². The van der Waals surface area contributed by atoms with Gasteiger partial charge in [0, 0.05) is 17.4 Å². The van der Waals surface area contributed by atoms with Gasteiger partial charge in [-0.1, -0.05) is 18.2 Å². The summed E-state index contributed by atoms with van der Waals surface area (Å²) in [6.45, 7) is 4.83. The second-order valence-electron chi connectivity index (χ2n) is 8.28. The van der Waals surface area contributed by atoms with Crippen molar-refractivity contribution in [1.82, 2.24) is 5.32 Å². The SMILES string of the molecule is CC1=C(C(=O)O)C(c2ccc(C#N)cc2)C(C(=O)NC(C)C)=C(N)N1c1cccc(C(F)(F)F)c1. The molecule has 10 heteroatoms. The fourth-order valence-electron chi connectivity index (χ4n) is 4.03. The highest BCUT2D eigenvalue weighted by atomic mass is 19.4. The maximum absolute atomic E-state index is 13.4. The van der Waals surface area contributed by atoms with Gasteiger partial charge in [-0.05, 0) is 56.7 Å². The third-order valence-corrected chi connectivity index (χ3v) is 5.52. The quantitative estimate of drug-likeness (QED) is 0.584. The summed E-state index contributed by atoms with van der Waals surface area (Å²) < 4.78 is 40.1. The zero-order valence-corrected chi connectivity index (χ0v) is 19.1. The summed E-state index contributed by atoms with van der Waals surface area (Å²) in [4.78, 5) is 26.9. The average molecular weight is 484 g/mol. The van der Waals surface area contributed by atoms with E-state index in [0.29, 0.717) is 11.1 Å². The highest BCUT2D eigenvalue weighted by Gasteiger charge is 2.41. The van der Waals surface area contributed by atoms with Crippen LogP contribution in [-0.4, -0.2) is 23.0 Å². The molecule has 1 atom stereocenters. The number of carboxylic acids is 1. The first-order valence-corrected chi connectivity index (χ1v) is 10.6. The van der Waals surface area contributed by atoms with E-state index in [2.05, 4.69) is 5.32 Å². The van der Waals surface area contributed by atoms with Crippen molar-refractivity contribution in [1.29, 1.82) is 5.26 Å². The minimum atomic E-state index is -4.64. The predicted octanol–water partition coefficient (Wildman–Crippen LogP) is 4.23. The number of carbonyl (C=O) groups excluding carboxylic acids is 1. The zero-order valence-electron chi connectivity index (χ0n) is 19.1. The molecule has 0 bridgehead atoms. The molecule has 35 heavy (non-hydrogen) atoms. The molecule has 4 N–H and O–H groups in total.